The third kappa shape index (κ3) is 5.10. The summed E-state index contributed by atoms with van der Waals surface area (Å²) < 4.78 is 2.36. The molecule has 148 valence electrons. The van der Waals surface area contributed by atoms with Gasteiger partial charge >= 0.3 is 0 Å². The van der Waals surface area contributed by atoms with E-state index in [-0.39, 0.29) is 0 Å². The van der Waals surface area contributed by atoms with Crippen LogP contribution in [0, 0.1) is 12.8 Å². The van der Waals surface area contributed by atoms with Crippen molar-refractivity contribution < 1.29 is 4.57 Å². The summed E-state index contributed by atoms with van der Waals surface area (Å²) in [4.78, 5) is 0. The lowest BCUT2D eigenvalue weighted by Crippen LogP contribution is -2.45. The fourth-order valence-corrected chi connectivity index (χ4v) is 5.90. The molecule has 0 fully saturated rings. The van der Waals surface area contributed by atoms with E-state index in [0.717, 1.165) is 0 Å². The number of pyridine rings is 1. The van der Waals surface area contributed by atoms with Crippen molar-refractivity contribution >= 4 is 13.3 Å². The van der Waals surface area contributed by atoms with Gasteiger partial charge in [0.05, 0.1) is 8.07 Å². The Morgan fingerprint density at radius 2 is 1.63 bits per heavy atom. The molecule has 0 unspecified atom stereocenters. The fourth-order valence-electron chi connectivity index (χ4n) is 4.20. The van der Waals surface area contributed by atoms with E-state index < -0.39 is 8.07 Å². The molecular weight excluding hydrogens is 342 g/mol. The average Bonchev–Trinajstić information content (AvgIpc) is 2.56. The van der Waals surface area contributed by atoms with Crippen molar-refractivity contribution in [3.8, 4) is 11.3 Å². The minimum atomic E-state index is -1.41. The summed E-state index contributed by atoms with van der Waals surface area (Å²) in [6.45, 7) is 18.9. The maximum atomic E-state index is 2.52. The Labute approximate surface area is 168 Å². The topological polar surface area (TPSA) is 3.88 Å². The normalized spacial score (nSPS) is 12.3. The minimum absolute atomic E-state index is 0.659. The molecule has 2 rings (SSSR count). The first-order valence-electron chi connectivity index (χ1n) is 10.7. The molecule has 27 heavy (non-hydrogen) atoms. The highest BCUT2D eigenvalue weighted by atomic mass is 28.3. The molecule has 1 aromatic carbocycles. The molecule has 0 amide bonds. The van der Waals surface area contributed by atoms with Gasteiger partial charge in [0.25, 0.3) is 0 Å². The molecule has 0 aliphatic rings. The Bertz CT molecular complexity index is 780. The number of benzene rings is 1. The first kappa shape index (κ1) is 21.9. The molecule has 0 N–H and O–H groups in total. The third-order valence-electron chi connectivity index (χ3n) is 5.79. The summed E-state index contributed by atoms with van der Waals surface area (Å²) in [5.41, 5.74) is 7.17. The zero-order valence-corrected chi connectivity index (χ0v) is 20.1. The lowest BCUT2D eigenvalue weighted by Gasteiger charge is -2.22. The smallest absolute Gasteiger partial charge is 0.201 e. The first-order valence-corrected chi connectivity index (χ1v) is 14.2. The highest BCUT2D eigenvalue weighted by Gasteiger charge is 2.26. The van der Waals surface area contributed by atoms with Crippen LogP contribution in [0.4, 0.5) is 0 Å². The molecule has 0 bridgehead atoms. The molecule has 2 aromatic rings. The highest BCUT2D eigenvalue weighted by Crippen LogP contribution is 2.29. The van der Waals surface area contributed by atoms with Crippen molar-refractivity contribution in [1.82, 2.24) is 0 Å². The standard InChI is InChI=1S/C25H40NSi/c1-10-20(11-2)21-13-12-19(5)23(15-21)24-16-25(27(7,8)9)22(14-18(3)4)17-26(24)6/h12-13,15-18,20H,10-11,14H2,1-9H3/q+1. The maximum Gasteiger partial charge on any atom is 0.212 e. The summed E-state index contributed by atoms with van der Waals surface area (Å²) in [6, 6.07) is 9.63. The largest absolute Gasteiger partial charge is 0.212 e. The van der Waals surface area contributed by atoms with Gasteiger partial charge in [-0.1, -0.05) is 59.5 Å². The number of nitrogens with zero attached hydrogens (tertiary/aromatic N) is 1. The predicted molar refractivity (Wildman–Crippen MR) is 123 cm³/mol. The van der Waals surface area contributed by atoms with E-state index in [0.29, 0.717) is 11.8 Å². The van der Waals surface area contributed by atoms with Gasteiger partial charge in [-0.15, -0.1) is 0 Å². The fraction of sp³-hybridized carbons (Fsp3) is 0.560. The molecule has 0 spiro atoms. The summed E-state index contributed by atoms with van der Waals surface area (Å²) in [6.07, 6.45) is 5.99. The van der Waals surface area contributed by atoms with Crippen LogP contribution in [0.5, 0.6) is 0 Å². The van der Waals surface area contributed by atoms with Gasteiger partial charge in [-0.25, -0.2) is 4.57 Å². The lowest BCUT2D eigenvalue weighted by atomic mass is 9.90. The second kappa shape index (κ2) is 8.73. The Kier molecular flexibility index (Phi) is 7.07. The maximum absolute atomic E-state index is 2.52. The molecule has 0 atom stereocenters. The molecule has 0 radical (unpaired) electrons. The summed E-state index contributed by atoms with van der Waals surface area (Å²) in [5, 5.41) is 1.62. The second-order valence-corrected chi connectivity index (χ2v) is 14.7. The summed E-state index contributed by atoms with van der Waals surface area (Å²) >= 11 is 0. The van der Waals surface area contributed by atoms with Gasteiger partial charge in [0, 0.05) is 17.2 Å². The monoisotopic (exact) mass is 382 g/mol. The zero-order chi connectivity index (χ0) is 20.4. The molecule has 0 aliphatic heterocycles. The van der Waals surface area contributed by atoms with Crippen molar-refractivity contribution in [2.75, 3.05) is 0 Å². The van der Waals surface area contributed by atoms with E-state index in [2.05, 4.69) is 96.3 Å². The van der Waals surface area contributed by atoms with Gasteiger partial charge in [0.1, 0.15) is 7.05 Å². The van der Waals surface area contributed by atoms with Crippen molar-refractivity contribution in [1.29, 1.82) is 0 Å². The highest BCUT2D eigenvalue weighted by molar-refractivity contribution is 6.89. The zero-order valence-electron chi connectivity index (χ0n) is 19.1. The van der Waals surface area contributed by atoms with E-state index >= 15 is 0 Å². The van der Waals surface area contributed by atoms with Crippen molar-refractivity contribution in [3.63, 3.8) is 0 Å². The molecule has 0 saturated heterocycles. The quantitative estimate of drug-likeness (QED) is 0.400. The Balaban J connectivity index is 2.67. The van der Waals surface area contributed by atoms with Gasteiger partial charge in [-0.2, -0.15) is 0 Å². The van der Waals surface area contributed by atoms with E-state index in [4.69, 9.17) is 0 Å². The lowest BCUT2D eigenvalue weighted by molar-refractivity contribution is -0.660. The molecule has 2 heteroatoms. The molecular formula is C25H40NSi+. The van der Waals surface area contributed by atoms with Gasteiger partial charge in [-0.3, -0.25) is 0 Å². The number of aromatic nitrogens is 1. The number of aryl methyl sites for hydroxylation is 2. The van der Waals surface area contributed by atoms with Crippen LogP contribution in [0.1, 0.15) is 63.1 Å². The second-order valence-electron chi connectivity index (χ2n) is 9.64. The molecule has 1 nitrogen and oxygen atoms in total. The molecule has 1 aromatic heterocycles. The minimum Gasteiger partial charge on any atom is -0.201 e. The van der Waals surface area contributed by atoms with Crippen LogP contribution in [-0.4, -0.2) is 8.07 Å². The van der Waals surface area contributed by atoms with Crippen molar-refractivity contribution in [2.45, 2.75) is 79.4 Å². The summed E-state index contributed by atoms with van der Waals surface area (Å²) in [5.74, 6) is 1.34. The van der Waals surface area contributed by atoms with Crippen LogP contribution in [-0.2, 0) is 13.5 Å². The molecule has 1 heterocycles. The van der Waals surface area contributed by atoms with Crippen LogP contribution in [0.15, 0.2) is 30.5 Å². The van der Waals surface area contributed by atoms with Crippen LogP contribution >= 0.6 is 0 Å². The van der Waals surface area contributed by atoms with Crippen molar-refractivity contribution in [3.05, 3.63) is 47.2 Å². The van der Waals surface area contributed by atoms with E-state index in [9.17, 15) is 0 Å². The van der Waals surface area contributed by atoms with Crippen LogP contribution in [0.2, 0.25) is 19.6 Å². The molecule has 0 saturated carbocycles. The Morgan fingerprint density at radius 1 is 1.00 bits per heavy atom. The van der Waals surface area contributed by atoms with Gasteiger partial charge in [0.15, 0.2) is 6.20 Å². The van der Waals surface area contributed by atoms with Crippen molar-refractivity contribution in [2.24, 2.45) is 13.0 Å². The summed E-state index contributed by atoms with van der Waals surface area (Å²) in [7, 11) is 0.807. The third-order valence-corrected chi connectivity index (χ3v) is 7.87. The predicted octanol–water partition coefficient (Wildman–Crippen LogP) is 6.13. The van der Waals surface area contributed by atoms with E-state index in [1.807, 2.05) is 0 Å². The SMILES string of the molecule is CCC(CC)c1ccc(C)c(-c2cc([Si](C)(C)C)c(CC(C)C)c[n+]2C)c1. The van der Waals surface area contributed by atoms with E-state index in [1.165, 1.54) is 41.6 Å². The van der Waals surface area contributed by atoms with Crippen LogP contribution in [0.3, 0.4) is 0 Å². The number of rotatable bonds is 7. The van der Waals surface area contributed by atoms with Gasteiger partial charge < -0.3 is 0 Å². The Hall–Kier alpha value is -1.41. The average molecular weight is 383 g/mol. The van der Waals surface area contributed by atoms with Crippen LogP contribution < -0.4 is 9.75 Å². The number of hydrogen-bond acceptors (Lipinski definition) is 0. The van der Waals surface area contributed by atoms with E-state index in [1.54, 1.807) is 10.8 Å². The van der Waals surface area contributed by atoms with Gasteiger partial charge in [0.2, 0.25) is 5.69 Å². The number of hydrogen-bond donors (Lipinski definition) is 0. The molecule has 0 aliphatic carbocycles. The van der Waals surface area contributed by atoms with Gasteiger partial charge in [-0.05, 0) is 60.4 Å². The van der Waals surface area contributed by atoms with Crippen LogP contribution in [0.25, 0.3) is 11.3 Å². The first-order chi connectivity index (χ1) is 12.6. The Morgan fingerprint density at radius 3 is 2.15 bits per heavy atom.